The Labute approximate surface area is 127 Å². The van der Waals surface area contributed by atoms with Gasteiger partial charge in [0.2, 0.25) is 0 Å². The molecule has 0 spiro atoms. The molecule has 1 amide bonds. The highest BCUT2D eigenvalue weighted by atomic mass is 19.4. The summed E-state index contributed by atoms with van der Waals surface area (Å²) in [5.74, 6) is -1.64. The number of nitrogens with one attached hydrogen (secondary N) is 1. The van der Waals surface area contributed by atoms with Gasteiger partial charge in [0.05, 0.1) is 12.5 Å². The first-order valence-electron chi connectivity index (χ1n) is 7.35. The van der Waals surface area contributed by atoms with Crippen molar-refractivity contribution in [2.45, 2.75) is 44.5 Å². The molecule has 2 atom stereocenters. The van der Waals surface area contributed by atoms with Gasteiger partial charge >= 0.3 is 6.18 Å². The summed E-state index contributed by atoms with van der Waals surface area (Å²) >= 11 is 0. The second-order valence-electron chi connectivity index (χ2n) is 5.71. The fourth-order valence-electron chi connectivity index (χ4n) is 2.86. The fraction of sp³-hybridized carbons (Fsp3) is 0.562. The Morgan fingerprint density at radius 2 is 2.14 bits per heavy atom. The normalized spacial score (nSPS) is 22.4. The zero-order valence-corrected chi connectivity index (χ0v) is 12.5. The van der Waals surface area contributed by atoms with E-state index >= 15 is 0 Å². The lowest BCUT2D eigenvalue weighted by molar-refractivity contribution is -0.183. The summed E-state index contributed by atoms with van der Waals surface area (Å²) in [4.78, 5) is 12.2. The molecule has 1 saturated carbocycles. The molecule has 0 bridgehead atoms. The maximum atomic E-state index is 12.8. The van der Waals surface area contributed by atoms with Crippen LogP contribution < -0.4 is 5.32 Å². The van der Waals surface area contributed by atoms with Crippen LogP contribution in [0.2, 0.25) is 0 Å². The van der Waals surface area contributed by atoms with Gasteiger partial charge in [-0.25, -0.2) is 0 Å². The highest BCUT2D eigenvalue weighted by Crippen LogP contribution is 2.37. The van der Waals surface area contributed by atoms with Crippen LogP contribution in [0.3, 0.4) is 0 Å². The number of methoxy groups -OCH3 is 1. The number of halogens is 3. The Kier molecular flexibility index (Phi) is 5.45. The van der Waals surface area contributed by atoms with Gasteiger partial charge in [0, 0.05) is 18.7 Å². The van der Waals surface area contributed by atoms with E-state index in [1.54, 1.807) is 25.3 Å². The van der Waals surface area contributed by atoms with Gasteiger partial charge in [0.15, 0.2) is 0 Å². The van der Waals surface area contributed by atoms with Gasteiger partial charge in [-0.15, -0.1) is 0 Å². The highest BCUT2D eigenvalue weighted by molar-refractivity contribution is 5.94. The van der Waals surface area contributed by atoms with E-state index in [1.807, 2.05) is 6.07 Å². The van der Waals surface area contributed by atoms with E-state index in [0.717, 1.165) is 5.56 Å². The first-order valence-corrected chi connectivity index (χ1v) is 7.35. The molecule has 1 aromatic rings. The molecule has 1 aliphatic rings. The van der Waals surface area contributed by atoms with Crippen LogP contribution in [0.4, 0.5) is 13.2 Å². The molecule has 0 radical (unpaired) electrons. The quantitative estimate of drug-likeness (QED) is 0.920. The number of hydrogen-bond acceptors (Lipinski definition) is 2. The molecule has 0 aliphatic heterocycles. The highest BCUT2D eigenvalue weighted by Gasteiger charge is 2.42. The molecule has 0 saturated heterocycles. The van der Waals surface area contributed by atoms with Crippen molar-refractivity contribution in [2.75, 3.05) is 7.11 Å². The van der Waals surface area contributed by atoms with Gasteiger partial charge in [-0.3, -0.25) is 4.79 Å². The predicted molar refractivity (Wildman–Crippen MR) is 76.4 cm³/mol. The van der Waals surface area contributed by atoms with Crippen LogP contribution in [0.25, 0.3) is 0 Å². The van der Waals surface area contributed by atoms with Crippen molar-refractivity contribution in [3.63, 3.8) is 0 Å². The van der Waals surface area contributed by atoms with Crippen LogP contribution in [0, 0.1) is 5.92 Å². The smallest absolute Gasteiger partial charge is 0.380 e. The maximum absolute atomic E-state index is 12.8. The molecule has 3 nitrogen and oxygen atoms in total. The molecule has 2 rings (SSSR count). The molecule has 1 aromatic carbocycles. The lowest BCUT2D eigenvalue weighted by Crippen LogP contribution is -2.41. The van der Waals surface area contributed by atoms with Gasteiger partial charge in [0.1, 0.15) is 0 Å². The second kappa shape index (κ2) is 7.13. The molecular weight excluding hydrogens is 295 g/mol. The van der Waals surface area contributed by atoms with Crippen LogP contribution in [0.1, 0.15) is 41.6 Å². The van der Waals surface area contributed by atoms with E-state index in [9.17, 15) is 18.0 Å². The molecule has 22 heavy (non-hydrogen) atoms. The molecule has 122 valence electrons. The van der Waals surface area contributed by atoms with E-state index < -0.39 is 18.1 Å². The first-order chi connectivity index (χ1) is 10.4. The van der Waals surface area contributed by atoms with Crippen molar-refractivity contribution < 1.29 is 22.7 Å². The summed E-state index contributed by atoms with van der Waals surface area (Å²) in [5.41, 5.74) is 1.30. The number of amides is 1. The number of benzene rings is 1. The first kappa shape index (κ1) is 16.8. The van der Waals surface area contributed by atoms with Gasteiger partial charge in [-0.2, -0.15) is 13.2 Å². The third-order valence-electron chi connectivity index (χ3n) is 3.97. The molecule has 0 aromatic heterocycles. The molecule has 1 aliphatic carbocycles. The largest absolute Gasteiger partial charge is 0.391 e. The number of carbonyl (C=O) groups is 1. The minimum atomic E-state index is -4.18. The Balaban J connectivity index is 1.98. The lowest BCUT2D eigenvalue weighted by Gasteiger charge is -2.31. The van der Waals surface area contributed by atoms with E-state index in [2.05, 4.69) is 5.32 Å². The monoisotopic (exact) mass is 315 g/mol. The van der Waals surface area contributed by atoms with E-state index in [-0.39, 0.29) is 18.7 Å². The van der Waals surface area contributed by atoms with E-state index in [1.165, 1.54) is 0 Å². The van der Waals surface area contributed by atoms with Gasteiger partial charge < -0.3 is 10.1 Å². The van der Waals surface area contributed by atoms with Crippen molar-refractivity contribution in [3.05, 3.63) is 35.4 Å². The Morgan fingerprint density at radius 1 is 1.36 bits per heavy atom. The number of carbonyl (C=O) groups excluding carboxylic acids is 1. The Morgan fingerprint density at radius 3 is 2.82 bits per heavy atom. The van der Waals surface area contributed by atoms with Crippen molar-refractivity contribution in [3.8, 4) is 0 Å². The number of ether oxygens (including phenoxy) is 1. The zero-order valence-electron chi connectivity index (χ0n) is 12.5. The van der Waals surface area contributed by atoms with Gasteiger partial charge in [-0.1, -0.05) is 18.6 Å². The van der Waals surface area contributed by atoms with Crippen LogP contribution in [0.15, 0.2) is 24.3 Å². The molecule has 1 fully saturated rings. The fourth-order valence-corrected chi connectivity index (χ4v) is 2.86. The molecule has 0 unspecified atom stereocenters. The third-order valence-corrected chi connectivity index (χ3v) is 3.97. The Hall–Kier alpha value is -1.56. The summed E-state index contributed by atoms with van der Waals surface area (Å²) in [6.45, 7) is 0.390. The van der Waals surface area contributed by atoms with Gasteiger partial charge in [-0.05, 0) is 37.0 Å². The minimum Gasteiger partial charge on any atom is -0.380 e. The van der Waals surface area contributed by atoms with Crippen molar-refractivity contribution >= 4 is 5.91 Å². The molecular formula is C16H20F3NO2. The number of hydrogen-bond donors (Lipinski definition) is 1. The lowest BCUT2D eigenvalue weighted by atomic mass is 9.85. The number of alkyl halides is 3. The topological polar surface area (TPSA) is 38.3 Å². The summed E-state index contributed by atoms with van der Waals surface area (Å²) in [7, 11) is 1.56. The number of rotatable bonds is 4. The van der Waals surface area contributed by atoms with Crippen LogP contribution in [-0.4, -0.2) is 25.2 Å². The van der Waals surface area contributed by atoms with Crippen molar-refractivity contribution in [2.24, 2.45) is 5.92 Å². The molecule has 6 heteroatoms. The molecule has 1 N–H and O–H groups in total. The predicted octanol–water partition coefficient (Wildman–Crippen LogP) is 3.68. The van der Waals surface area contributed by atoms with Crippen LogP contribution in [0.5, 0.6) is 0 Å². The Bertz CT molecular complexity index is 516. The maximum Gasteiger partial charge on any atom is 0.391 e. The van der Waals surface area contributed by atoms with Gasteiger partial charge in [0.25, 0.3) is 5.91 Å². The van der Waals surface area contributed by atoms with E-state index in [0.29, 0.717) is 25.0 Å². The van der Waals surface area contributed by atoms with E-state index in [4.69, 9.17) is 4.74 Å². The minimum absolute atomic E-state index is 0.0347. The summed E-state index contributed by atoms with van der Waals surface area (Å²) in [6.07, 6.45) is -2.98. The second-order valence-corrected chi connectivity index (χ2v) is 5.71. The van der Waals surface area contributed by atoms with Crippen LogP contribution >= 0.6 is 0 Å². The SMILES string of the molecule is COCc1cccc(C(=O)N[C@@H]2CCC[C@H](C(F)(F)F)C2)c1. The molecule has 0 heterocycles. The summed E-state index contributed by atoms with van der Waals surface area (Å²) in [5, 5.41) is 2.73. The average Bonchev–Trinajstić information content (AvgIpc) is 2.47. The standard InChI is InChI=1S/C16H20F3NO2/c1-22-10-11-4-2-5-12(8-11)15(21)20-14-7-3-6-13(9-14)16(17,18)19/h2,4-5,8,13-14H,3,6-7,9-10H2,1H3,(H,20,21)/t13-,14+/m0/s1. The summed E-state index contributed by atoms with van der Waals surface area (Å²) in [6, 6.07) is 6.50. The third kappa shape index (κ3) is 4.47. The summed E-state index contributed by atoms with van der Waals surface area (Å²) < 4.78 is 43.4. The van der Waals surface area contributed by atoms with Crippen molar-refractivity contribution in [1.82, 2.24) is 5.32 Å². The van der Waals surface area contributed by atoms with Crippen LogP contribution in [-0.2, 0) is 11.3 Å². The van der Waals surface area contributed by atoms with Crippen molar-refractivity contribution in [1.29, 1.82) is 0 Å². The zero-order chi connectivity index (χ0) is 16.2. The average molecular weight is 315 g/mol.